The molecule has 0 heterocycles. The summed E-state index contributed by atoms with van der Waals surface area (Å²) in [6.07, 6.45) is 0.694. The van der Waals surface area contributed by atoms with Gasteiger partial charge in [-0.3, -0.25) is 0 Å². The van der Waals surface area contributed by atoms with Crippen LogP contribution in [0, 0.1) is 0 Å². The quantitative estimate of drug-likeness (QED) is 0.497. The first kappa shape index (κ1) is 22.0. The summed E-state index contributed by atoms with van der Waals surface area (Å²) in [4.78, 5) is 0. The van der Waals surface area contributed by atoms with Crippen molar-refractivity contribution < 1.29 is 23.5 Å². The summed E-state index contributed by atoms with van der Waals surface area (Å²) in [7, 11) is -3.07. The lowest BCUT2D eigenvalue weighted by Crippen LogP contribution is -2.68. The molecule has 7 heteroatoms. The van der Waals surface area contributed by atoms with Crippen LogP contribution in [0.3, 0.4) is 0 Å². The van der Waals surface area contributed by atoms with Gasteiger partial charge < -0.3 is 29.2 Å². The minimum atomic E-state index is -3.07. The molecule has 0 amide bonds. The second-order valence-corrected chi connectivity index (χ2v) is 9.34. The maximum absolute atomic E-state index is 10.6. The molecule has 22 heavy (non-hydrogen) atoms. The summed E-state index contributed by atoms with van der Waals surface area (Å²) in [6, 6.07) is 0.549. The Hall–Kier alpha value is -0.0231. The van der Waals surface area contributed by atoms with E-state index in [0.717, 1.165) is 0 Å². The third-order valence-electron chi connectivity index (χ3n) is 4.11. The Morgan fingerprint density at radius 1 is 0.909 bits per heavy atom. The normalized spacial score (nSPS) is 14.5. The highest BCUT2D eigenvalue weighted by molar-refractivity contribution is 6.60. The van der Waals surface area contributed by atoms with Gasteiger partial charge in [0.25, 0.3) is 0 Å². The molecule has 0 aliphatic heterocycles. The summed E-state index contributed by atoms with van der Waals surface area (Å²) in [5.74, 6) is 0. The molecule has 0 saturated heterocycles. The fraction of sp³-hybridized carbons (Fsp3) is 1.00. The monoisotopic (exact) mass is 337 g/mol. The van der Waals surface area contributed by atoms with E-state index in [1.165, 1.54) is 0 Å². The molecule has 0 aromatic rings. The molecular weight excluding hydrogens is 302 g/mol. The maximum Gasteiger partial charge on any atom is 0.501 e. The standard InChI is InChI=1S/C15H35NO5Si/c1-8-19-22(20-9-2,12-10-11-16)21-15(7,13(3,4)17)14(5,6)18/h17-18H,8-12,16H2,1-7H3. The van der Waals surface area contributed by atoms with E-state index in [1.54, 1.807) is 34.6 Å². The summed E-state index contributed by atoms with van der Waals surface area (Å²) >= 11 is 0. The van der Waals surface area contributed by atoms with Crippen molar-refractivity contribution in [2.45, 2.75) is 77.7 Å². The minimum absolute atomic E-state index is 0.435. The zero-order valence-electron chi connectivity index (χ0n) is 15.2. The van der Waals surface area contributed by atoms with Crippen LogP contribution >= 0.6 is 0 Å². The van der Waals surface area contributed by atoms with Crippen LogP contribution in [-0.4, -0.2) is 55.6 Å². The molecule has 0 aliphatic rings. The Morgan fingerprint density at radius 2 is 1.32 bits per heavy atom. The average molecular weight is 338 g/mol. The zero-order chi connectivity index (χ0) is 17.7. The Balaban J connectivity index is 5.71. The van der Waals surface area contributed by atoms with Gasteiger partial charge in [-0.15, -0.1) is 0 Å². The van der Waals surface area contributed by atoms with Crippen molar-refractivity contribution in [2.75, 3.05) is 19.8 Å². The number of aliphatic hydroxyl groups is 2. The van der Waals surface area contributed by atoms with E-state index in [0.29, 0.717) is 32.2 Å². The van der Waals surface area contributed by atoms with Gasteiger partial charge in [-0.1, -0.05) is 0 Å². The number of rotatable bonds is 11. The van der Waals surface area contributed by atoms with Crippen molar-refractivity contribution in [3.05, 3.63) is 0 Å². The Kier molecular flexibility index (Phi) is 8.18. The van der Waals surface area contributed by atoms with Crippen LogP contribution in [0.15, 0.2) is 0 Å². The largest absolute Gasteiger partial charge is 0.501 e. The van der Waals surface area contributed by atoms with Crippen LogP contribution in [-0.2, 0) is 13.3 Å². The molecule has 4 N–H and O–H groups in total. The van der Waals surface area contributed by atoms with Crippen LogP contribution in [0.25, 0.3) is 0 Å². The van der Waals surface area contributed by atoms with Crippen molar-refractivity contribution in [2.24, 2.45) is 5.73 Å². The molecule has 0 aliphatic carbocycles. The van der Waals surface area contributed by atoms with Crippen molar-refractivity contribution in [3.63, 3.8) is 0 Å². The fourth-order valence-corrected chi connectivity index (χ4v) is 5.59. The first-order valence-corrected chi connectivity index (χ1v) is 9.95. The van der Waals surface area contributed by atoms with E-state index in [9.17, 15) is 10.2 Å². The van der Waals surface area contributed by atoms with E-state index in [1.807, 2.05) is 13.8 Å². The third kappa shape index (κ3) is 5.26. The van der Waals surface area contributed by atoms with Crippen LogP contribution in [0.2, 0.25) is 6.04 Å². The van der Waals surface area contributed by atoms with E-state index in [2.05, 4.69) is 0 Å². The molecule has 0 rings (SSSR count). The molecule has 0 fully saturated rings. The smallest absolute Gasteiger partial charge is 0.387 e. The topological polar surface area (TPSA) is 94.2 Å². The van der Waals surface area contributed by atoms with Crippen LogP contribution < -0.4 is 5.73 Å². The SMILES string of the molecule is CCO[Si](CCCN)(OCC)OC(C)(C(C)(C)O)C(C)(C)O. The van der Waals surface area contributed by atoms with Crippen LogP contribution in [0.1, 0.15) is 54.9 Å². The highest BCUT2D eigenvalue weighted by Gasteiger charge is 2.58. The van der Waals surface area contributed by atoms with E-state index >= 15 is 0 Å². The van der Waals surface area contributed by atoms with Gasteiger partial charge in [0, 0.05) is 19.3 Å². The predicted molar refractivity (Wildman–Crippen MR) is 89.6 cm³/mol. The molecule has 0 aromatic carbocycles. The van der Waals surface area contributed by atoms with E-state index < -0.39 is 25.6 Å². The molecule has 0 unspecified atom stereocenters. The van der Waals surface area contributed by atoms with Crippen molar-refractivity contribution in [3.8, 4) is 0 Å². The van der Waals surface area contributed by atoms with Gasteiger partial charge >= 0.3 is 8.80 Å². The summed E-state index contributed by atoms with van der Waals surface area (Å²) < 4.78 is 18.0. The highest BCUT2D eigenvalue weighted by atomic mass is 28.4. The Bertz CT molecular complexity index is 305. The summed E-state index contributed by atoms with van der Waals surface area (Å²) in [6.45, 7) is 13.3. The van der Waals surface area contributed by atoms with Crippen LogP contribution in [0.4, 0.5) is 0 Å². The van der Waals surface area contributed by atoms with Gasteiger partial charge in [-0.2, -0.15) is 0 Å². The van der Waals surface area contributed by atoms with Gasteiger partial charge in [0.15, 0.2) is 0 Å². The van der Waals surface area contributed by atoms with Crippen LogP contribution in [0.5, 0.6) is 0 Å². The number of hydrogen-bond donors (Lipinski definition) is 3. The second-order valence-electron chi connectivity index (χ2n) is 6.69. The van der Waals surface area contributed by atoms with Crippen molar-refractivity contribution in [1.29, 1.82) is 0 Å². The van der Waals surface area contributed by atoms with E-state index in [-0.39, 0.29) is 0 Å². The predicted octanol–water partition coefficient (Wildman–Crippen LogP) is 1.66. The van der Waals surface area contributed by atoms with Gasteiger partial charge in [-0.25, -0.2) is 0 Å². The van der Waals surface area contributed by atoms with E-state index in [4.69, 9.17) is 19.0 Å². The molecular formula is C15H35NO5Si. The minimum Gasteiger partial charge on any atom is -0.387 e. The molecule has 0 radical (unpaired) electrons. The fourth-order valence-electron chi connectivity index (χ4n) is 2.36. The molecule has 0 atom stereocenters. The number of hydrogen-bond acceptors (Lipinski definition) is 6. The molecule has 0 spiro atoms. The first-order chi connectivity index (χ1) is 9.89. The van der Waals surface area contributed by atoms with Gasteiger partial charge in [0.2, 0.25) is 0 Å². The molecule has 0 saturated carbocycles. The number of nitrogens with two attached hydrogens (primary N) is 1. The first-order valence-electron chi connectivity index (χ1n) is 8.02. The highest BCUT2D eigenvalue weighted by Crippen LogP contribution is 2.40. The molecule has 0 bridgehead atoms. The maximum atomic E-state index is 10.6. The summed E-state index contributed by atoms with van der Waals surface area (Å²) in [5, 5.41) is 21.2. The molecule has 134 valence electrons. The Labute approximate surface area is 136 Å². The molecule has 6 nitrogen and oxygen atoms in total. The van der Waals surface area contributed by atoms with Gasteiger partial charge in [-0.05, 0) is 61.4 Å². The van der Waals surface area contributed by atoms with Gasteiger partial charge in [0.1, 0.15) is 5.60 Å². The van der Waals surface area contributed by atoms with Crippen molar-refractivity contribution >= 4 is 8.80 Å². The van der Waals surface area contributed by atoms with Gasteiger partial charge in [0.05, 0.1) is 11.2 Å². The lowest BCUT2D eigenvalue weighted by atomic mass is 9.76. The summed E-state index contributed by atoms with van der Waals surface area (Å²) in [5.41, 5.74) is 1.78. The second kappa shape index (κ2) is 8.19. The zero-order valence-corrected chi connectivity index (χ0v) is 16.2. The molecule has 0 aromatic heterocycles. The Morgan fingerprint density at radius 3 is 1.59 bits per heavy atom. The lowest BCUT2D eigenvalue weighted by Gasteiger charge is -2.51. The third-order valence-corrected chi connectivity index (χ3v) is 7.25. The lowest BCUT2D eigenvalue weighted by molar-refractivity contribution is -0.218. The van der Waals surface area contributed by atoms with Crippen molar-refractivity contribution in [1.82, 2.24) is 0 Å². The average Bonchev–Trinajstić information content (AvgIpc) is 2.34.